The van der Waals surface area contributed by atoms with Gasteiger partial charge in [-0.05, 0) is 24.3 Å². The zero-order chi connectivity index (χ0) is 11.5. The van der Waals surface area contributed by atoms with Crippen LogP contribution in [0.15, 0.2) is 48.5 Å². The summed E-state index contributed by atoms with van der Waals surface area (Å²) >= 11 is 11.9. The van der Waals surface area contributed by atoms with E-state index < -0.39 is 0 Å². The van der Waals surface area contributed by atoms with Crippen molar-refractivity contribution in [1.29, 1.82) is 0 Å². The van der Waals surface area contributed by atoms with E-state index in [4.69, 9.17) is 23.2 Å². The van der Waals surface area contributed by atoms with Crippen molar-refractivity contribution in [2.24, 2.45) is 0 Å². The topological polar surface area (TPSA) is 17.1 Å². The molecule has 0 N–H and O–H groups in total. The molecule has 0 saturated carbocycles. The van der Waals surface area contributed by atoms with Crippen LogP contribution in [0.25, 0.3) is 0 Å². The van der Waals surface area contributed by atoms with Gasteiger partial charge in [-0.25, -0.2) is 0 Å². The second kappa shape index (κ2) is 6.06. The number of hydrogen-bond donors (Lipinski definition) is 0. The fourth-order valence-electron chi connectivity index (χ4n) is 1.44. The fraction of sp³-hybridized carbons (Fsp3) is 0. The third-order valence-electron chi connectivity index (χ3n) is 2.24. The first-order valence-corrected chi connectivity index (χ1v) is 5.49. The van der Waals surface area contributed by atoms with Crippen LogP contribution in [0.1, 0.15) is 15.9 Å². The van der Waals surface area contributed by atoms with Crippen molar-refractivity contribution in [3.63, 3.8) is 0 Å². The SMILES string of the molecule is Cl.O=C(c1ccccc1Cl)c1ccccc1Cl. The van der Waals surface area contributed by atoms with Crippen LogP contribution in [0.3, 0.4) is 0 Å². The maximum Gasteiger partial charge on any atom is 0.196 e. The van der Waals surface area contributed by atoms with E-state index in [0.29, 0.717) is 21.2 Å². The number of rotatable bonds is 2. The fourth-order valence-corrected chi connectivity index (χ4v) is 1.88. The molecule has 0 aliphatic rings. The molecule has 0 heterocycles. The van der Waals surface area contributed by atoms with Gasteiger partial charge in [0.1, 0.15) is 0 Å². The van der Waals surface area contributed by atoms with Crippen LogP contribution < -0.4 is 0 Å². The Hall–Kier alpha value is -1.02. The van der Waals surface area contributed by atoms with Gasteiger partial charge in [0.15, 0.2) is 5.78 Å². The highest BCUT2D eigenvalue weighted by Crippen LogP contribution is 2.23. The van der Waals surface area contributed by atoms with Crippen LogP contribution in [0.5, 0.6) is 0 Å². The van der Waals surface area contributed by atoms with E-state index in [0.717, 1.165) is 0 Å². The molecular formula is C13H9Cl3O. The number of carbonyl (C=O) groups is 1. The molecule has 88 valence electrons. The maximum atomic E-state index is 12.1. The molecule has 0 aliphatic heterocycles. The molecule has 0 fully saturated rings. The lowest BCUT2D eigenvalue weighted by atomic mass is 10.0. The highest BCUT2D eigenvalue weighted by Gasteiger charge is 2.14. The van der Waals surface area contributed by atoms with Crippen LogP contribution in [0.2, 0.25) is 10.0 Å². The Morgan fingerprint density at radius 1 is 0.765 bits per heavy atom. The molecule has 2 aromatic rings. The predicted octanol–water partition coefficient (Wildman–Crippen LogP) is 4.65. The number of carbonyl (C=O) groups excluding carboxylic acids is 1. The van der Waals surface area contributed by atoms with Gasteiger partial charge >= 0.3 is 0 Å². The summed E-state index contributed by atoms with van der Waals surface area (Å²) in [6, 6.07) is 13.9. The van der Waals surface area contributed by atoms with Crippen LogP contribution in [0, 0.1) is 0 Å². The van der Waals surface area contributed by atoms with Crippen LogP contribution in [-0.2, 0) is 0 Å². The minimum Gasteiger partial charge on any atom is -0.288 e. The molecule has 0 atom stereocenters. The lowest BCUT2D eigenvalue weighted by Crippen LogP contribution is -2.02. The molecule has 2 rings (SSSR count). The second-order valence-electron chi connectivity index (χ2n) is 3.29. The summed E-state index contributed by atoms with van der Waals surface area (Å²) in [6.45, 7) is 0. The molecule has 0 amide bonds. The minimum absolute atomic E-state index is 0. The average molecular weight is 288 g/mol. The van der Waals surface area contributed by atoms with Crippen LogP contribution in [0.4, 0.5) is 0 Å². The first kappa shape index (κ1) is 14.0. The molecule has 4 heteroatoms. The van der Waals surface area contributed by atoms with Gasteiger partial charge in [-0.1, -0.05) is 47.5 Å². The first-order chi connectivity index (χ1) is 7.70. The van der Waals surface area contributed by atoms with Crippen molar-refractivity contribution in [1.82, 2.24) is 0 Å². The quantitative estimate of drug-likeness (QED) is 0.735. The molecule has 0 radical (unpaired) electrons. The van der Waals surface area contributed by atoms with Gasteiger partial charge < -0.3 is 0 Å². The van der Waals surface area contributed by atoms with Crippen LogP contribution >= 0.6 is 35.6 Å². The van der Waals surface area contributed by atoms with Gasteiger partial charge in [0.2, 0.25) is 0 Å². The van der Waals surface area contributed by atoms with Crippen LogP contribution in [-0.4, -0.2) is 5.78 Å². The van der Waals surface area contributed by atoms with Gasteiger partial charge in [0.25, 0.3) is 0 Å². The van der Waals surface area contributed by atoms with E-state index in [1.807, 2.05) is 0 Å². The Morgan fingerprint density at radius 3 is 1.47 bits per heavy atom. The largest absolute Gasteiger partial charge is 0.288 e. The third kappa shape index (κ3) is 3.01. The van der Waals surface area contributed by atoms with Crippen molar-refractivity contribution in [2.45, 2.75) is 0 Å². The molecule has 0 aromatic heterocycles. The maximum absolute atomic E-state index is 12.1. The molecule has 0 bridgehead atoms. The smallest absolute Gasteiger partial charge is 0.196 e. The monoisotopic (exact) mass is 286 g/mol. The highest BCUT2D eigenvalue weighted by molar-refractivity contribution is 6.38. The summed E-state index contributed by atoms with van der Waals surface area (Å²) in [4.78, 5) is 12.1. The number of hydrogen-bond acceptors (Lipinski definition) is 1. The molecule has 2 aromatic carbocycles. The molecule has 1 nitrogen and oxygen atoms in total. The molecule has 0 aliphatic carbocycles. The summed E-state index contributed by atoms with van der Waals surface area (Å²) in [5.41, 5.74) is 0.939. The standard InChI is InChI=1S/C13H8Cl2O.ClH/c14-11-7-3-1-5-9(11)13(16)10-6-2-4-8-12(10)15;/h1-8H;1H. The number of benzene rings is 2. The van der Waals surface area contributed by atoms with Crippen molar-refractivity contribution in [3.8, 4) is 0 Å². The number of halogens is 3. The van der Waals surface area contributed by atoms with E-state index >= 15 is 0 Å². The Balaban J connectivity index is 0.00000144. The van der Waals surface area contributed by atoms with E-state index in [9.17, 15) is 4.79 Å². The summed E-state index contributed by atoms with van der Waals surface area (Å²) < 4.78 is 0. The lowest BCUT2D eigenvalue weighted by molar-refractivity contribution is 0.103. The van der Waals surface area contributed by atoms with Crippen molar-refractivity contribution < 1.29 is 4.79 Å². The number of ketones is 1. The third-order valence-corrected chi connectivity index (χ3v) is 2.90. The zero-order valence-electron chi connectivity index (χ0n) is 8.69. The molecule has 0 unspecified atom stereocenters. The average Bonchev–Trinajstić information content (AvgIpc) is 2.29. The van der Waals surface area contributed by atoms with Crippen molar-refractivity contribution in [3.05, 3.63) is 69.7 Å². The summed E-state index contributed by atoms with van der Waals surface area (Å²) in [6.07, 6.45) is 0. The van der Waals surface area contributed by atoms with E-state index in [2.05, 4.69) is 0 Å². The Labute approximate surface area is 116 Å². The minimum atomic E-state index is -0.156. The van der Waals surface area contributed by atoms with Gasteiger partial charge in [-0.3, -0.25) is 4.79 Å². The second-order valence-corrected chi connectivity index (χ2v) is 4.10. The Bertz CT molecular complexity index is 490. The molecular weight excluding hydrogens is 279 g/mol. The van der Waals surface area contributed by atoms with Crippen molar-refractivity contribution >= 4 is 41.4 Å². The molecule has 17 heavy (non-hydrogen) atoms. The Morgan fingerprint density at radius 2 is 1.12 bits per heavy atom. The van der Waals surface area contributed by atoms with Gasteiger partial charge in [-0.15, -0.1) is 12.4 Å². The van der Waals surface area contributed by atoms with Gasteiger partial charge in [0.05, 0.1) is 10.0 Å². The zero-order valence-corrected chi connectivity index (χ0v) is 11.0. The molecule has 0 spiro atoms. The summed E-state index contributed by atoms with van der Waals surface area (Å²) in [5, 5.41) is 0.875. The highest BCUT2D eigenvalue weighted by atomic mass is 35.5. The predicted molar refractivity (Wildman–Crippen MR) is 73.6 cm³/mol. The van der Waals surface area contributed by atoms with Crippen molar-refractivity contribution in [2.75, 3.05) is 0 Å². The van der Waals surface area contributed by atoms with Gasteiger partial charge in [0, 0.05) is 11.1 Å². The molecule has 0 saturated heterocycles. The summed E-state index contributed by atoms with van der Waals surface area (Å²) in [5.74, 6) is -0.156. The summed E-state index contributed by atoms with van der Waals surface area (Å²) in [7, 11) is 0. The van der Waals surface area contributed by atoms with Gasteiger partial charge in [-0.2, -0.15) is 0 Å². The normalized spacial score (nSPS) is 9.53. The van der Waals surface area contributed by atoms with E-state index in [1.54, 1.807) is 48.5 Å². The Kier molecular flexibility index (Phi) is 5.01. The van der Waals surface area contributed by atoms with E-state index in [-0.39, 0.29) is 18.2 Å². The first-order valence-electron chi connectivity index (χ1n) is 4.74. The lowest BCUT2D eigenvalue weighted by Gasteiger charge is -2.04. The van der Waals surface area contributed by atoms with E-state index in [1.165, 1.54) is 0 Å².